The van der Waals surface area contributed by atoms with Crippen molar-refractivity contribution in [2.45, 2.75) is 0 Å². The summed E-state index contributed by atoms with van der Waals surface area (Å²) in [6.07, 6.45) is 1.66. The van der Waals surface area contributed by atoms with Crippen molar-refractivity contribution in [1.29, 1.82) is 5.26 Å². The van der Waals surface area contributed by atoms with E-state index in [1.54, 1.807) is 30.5 Å². The molecule has 0 unspecified atom stereocenters. The summed E-state index contributed by atoms with van der Waals surface area (Å²) in [5, 5.41) is 12.6. The zero-order chi connectivity index (χ0) is 17.9. The predicted octanol–water partition coefficient (Wildman–Crippen LogP) is 3.40. The van der Waals surface area contributed by atoms with E-state index < -0.39 is 0 Å². The van der Waals surface area contributed by atoms with Gasteiger partial charge in [-0.3, -0.25) is 4.79 Å². The number of aromatic nitrogens is 3. The molecular weight excluding hydrogens is 326 g/mol. The summed E-state index contributed by atoms with van der Waals surface area (Å²) in [6.45, 7) is 0. The fourth-order valence-corrected chi connectivity index (χ4v) is 2.71. The summed E-state index contributed by atoms with van der Waals surface area (Å²) < 4.78 is 1.48. The number of hydrogen-bond donors (Lipinski definition) is 1. The Labute approximate surface area is 149 Å². The molecule has 6 nitrogen and oxygen atoms in total. The van der Waals surface area contributed by atoms with Crippen LogP contribution in [0.5, 0.6) is 0 Å². The molecule has 0 fully saturated rings. The smallest absolute Gasteiger partial charge is 0.267 e. The van der Waals surface area contributed by atoms with Crippen LogP contribution in [-0.2, 0) is 0 Å². The summed E-state index contributed by atoms with van der Waals surface area (Å²) in [7, 11) is 0. The first-order valence-corrected chi connectivity index (χ1v) is 7.96. The molecule has 0 atom stereocenters. The van der Waals surface area contributed by atoms with Crippen molar-refractivity contribution >= 4 is 22.7 Å². The number of benzene rings is 2. The fraction of sp³-hybridized carbons (Fsp3) is 0. The molecule has 0 saturated carbocycles. The van der Waals surface area contributed by atoms with Crippen LogP contribution in [0.25, 0.3) is 16.6 Å². The molecule has 0 aliphatic carbocycles. The van der Waals surface area contributed by atoms with E-state index in [-0.39, 0.29) is 5.56 Å². The molecule has 124 valence electrons. The predicted molar refractivity (Wildman–Crippen MR) is 99.6 cm³/mol. The number of fused-ring (bicyclic) bond motifs is 1. The average molecular weight is 339 g/mol. The highest BCUT2D eigenvalue weighted by Gasteiger charge is 2.14. The summed E-state index contributed by atoms with van der Waals surface area (Å²) in [5.74, 6) is 0.939. The second kappa shape index (κ2) is 6.49. The van der Waals surface area contributed by atoms with Crippen LogP contribution in [-0.4, -0.2) is 14.5 Å². The highest BCUT2D eigenvalue weighted by Crippen LogP contribution is 2.19. The molecule has 0 aliphatic rings. The van der Waals surface area contributed by atoms with E-state index in [1.165, 1.54) is 4.57 Å². The van der Waals surface area contributed by atoms with Crippen molar-refractivity contribution in [3.8, 4) is 11.8 Å². The van der Waals surface area contributed by atoms with Crippen molar-refractivity contribution in [2.24, 2.45) is 0 Å². The van der Waals surface area contributed by atoms with Gasteiger partial charge in [-0.2, -0.15) is 5.26 Å². The van der Waals surface area contributed by atoms with Gasteiger partial charge >= 0.3 is 0 Å². The minimum atomic E-state index is -0.253. The minimum absolute atomic E-state index is 0.253. The third-order valence-corrected chi connectivity index (χ3v) is 3.92. The van der Waals surface area contributed by atoms with Crippen molar-refractivity contribution in [3.63, 3.8) is 0 Å². The Morgan fingerprint density at radius 1 is 1.00 bits per heavy atom. The second-order valence-electron chi connectivity index (χ2n) is 5.60. The molecular formula is C20H13N5O. The topological polar surface area (TPSA) is 83.6 Å². The lowest BCUT2D eigenvalue weighted by atomic mass is 10.1. The maximum atomic E-state index is 13.2. The summed E-state index contributed by atoms with van der Waals surface area (Å²) in [5.41, 5.74) is 1.35. The Balaban J connectivity index is 2.00. The first-order valence-electron chi connectivity index (χ1n) is 7.96. The molecule has 4 aromatic rings. The molecule has 2 heterocycles. The van der Waals surface area contributed by atoms with Crippen LogP contribution in [0.2, 0.25) is 0 Å². The lowest BCUT2D eigenvalue weighted by Crippen LogP contribution is -2.23. The maximum absolute atomic E-state index is 13.2. The van der Waals surface area contributed by atoms with Gasteiger partial charge in [-0.1, -0.05) is 24.3 Å². The van der Waals surface area contributed by atoms with Gasteiger partial charge in [0, 0.05) is 6.20 Å². The SMILES string of the molecule is N#Cc1ccc2nc(Nc3ccccn3)n(-c3ccccc3)c(=O)c2c1. The third kappa shape index (κ3) is 2.78. The molecule has 0 saturated heterocycles. The Kier molecular flexibility index (Phi) is 3.88. The van der Waals surface area contributed by atoms with E-state index >= 15 is 0 Å². The molecule has 0 bridgehead atoms. The summed E-state index contributed by atoms with van der Waals surface area (Å²) in [4.78, 5) is 22.0. The number of anilines is 2. The Morgan fingerprint density at radius 3 is 2.54 bits per heavy atom. The number of pyridine rings is 1. The van der Waals surface area contributed by atoms with Gasteiger partial charge in [0.15, 0.2) is 0 Å². The van der Waals surface area contributed by atoms with Crippen molar-refractivity contribution in [2.75, 3.05) is 5.32 Å². The van der Waals surface area contributed by atoms with Gasteiger partial charge in [0.25, 0.3) is 5.56 Å². The standard InChI is InChI=1S/C20H13N5O/c21-13-14-9-10-17-16(12-14)19(26)25(15-6-2-1-3-7-15)20(23-17)24-18-8-4-5-11-22-18/h1-12H,(H,22,23,24). The quantitative estimate of drug-likeness (QED) is 0.618. The second-order valence-corrected chi connectivity index (χ2v) is 5.60. The molecule has 2 aromatic heterocycles. The number of nitriles is 1. The van der Waals surface area contributed by atoms with E-state index in [2.05, 4.69) is 21.4 Å². The van der Waals surface area contributed by atoms with E-state index in [0.29, 0.717) is 33.9 Å². The highest BCUT2D eigenvalue weighted by molar-refractivity contribution is 5.81. The van der Waals surface area contributed by atoms with Gasteiger partial charge in [0.1, 0.15) is 5.82 Å². The Bertz CT molecular complexity index is 1180. The molecule has 4 rings (SSSR count). The number of para-hydroxylation sites is 1. The van der Waals surface area contributed by atoms with Crippen LogP contribution in [0.1, 0.15) is 5.56 Å². The zero-order valence-electron chi connectivity index (χ0n) is 13.6. The lowest BCUT2D eigenvalue weighted by Gasteiger charge is -2.14. The van der Waals surface area contributed by atoms with E-state index in [1.807, 2.05) is 42.5 Å². The van der Waals surface area contributed by atoms with Gasteiger partial charge in [0.2, 0.25) is 5.95 Å². The highest BCUT2D eigenvalue weighted by atomic mass is 16.1. The van der Waals surface area contributed by atoms with E-state index in [0.717, 1.165) is 0 Å². The van der Waals surface area contributed by atoms with Crippen molar-refractivity contribution in [3.05, 3.63) is 88.8 Å². The lowest BCUT2D eigenvalue weighted by molar-refractivity contribution is 0.970. The normalized spacial score (nSPS) is 10.4. The number of nitrogens with one attached hydrogen (secondary N) is 1. The van der Waals surface area contributed by atoms with E-state index in [9.17, 15) is 4.79 Å². The molecule has 0 radical (unpaired) electrons. The van der Waals surface area contributed by atoms with Crippen molar-refractivity contribution in [1.82, 2.24) is 14.5 Å². The van der Waals surface area contributed by atoms with Crippen LogP contribution in [0.15, 0.2) is 77.7 Å². The molecule has 0 amide bonds. The zero-order valence-corrected chi connectivity index (χ0v) is 13.6. The van der Waals surface area contributed by atoms with Crippen LogP contribution < -0.4 is 10.9 Å². The molecule has 2 aromatic carbocycles. The first kappa shape index (κ1) is 15.5. The van der Waals surface area contributed by atoms with E-state index in [4.69, 9.17) is 5.26 Å². The van der Waals surface area contributed by atoms with Gasteiger partial charge in [0.05, 0.1) is 28.2 Å². The average Bonchev–Trinajstić information content (AvgIpc) is 2.69. The number of nitrogens with zero attached hydrogens (tertiary/aromatic N) is 4. The maximum Gasteiger partial charge on any atom is 0.267 e. The first-order chi connectivity index (χ1) is 12.8. The Morgan fingerprint density at radius 2 is 1.81 bits per heavy atom. The summed E-state index contributed by atoms with van der Waals surface area (Å²) in [6, 6.07) is 21.6. The van der Waals surface area contributed by atoms with Gasteiger partial charge in [-0.25, -0.2) is 14.5 Å². The number of rotatable bonds is 3. The largest absolute Gasteiger partial charge is 0.310 e. The Hall–Kier alpha value is -3.98. The number of hydrogen-bond acceptors (Lipinski definition) is 5. The van der Waals surface area contributed by atoms with Gasteiger partial charge < -0.3 is 5.32 Å². The summed E-state index contributed by atoms with van der Waals surface area (Å²) >= 11 is 0. The monoisotopic (exact) mass is 339 g/mol. The minimum Gasteiger partial charge on any atom is -0.310 e. The van der Waals surface area contributed by atoms with Gasteiger partial charge in [-0.15, -0.1) is 0 Å². The van der Waals surface area contributed by atoms with Crippen molar-refractivity contribution < 1.29 is 0 Å². The fourth-order valence-electron chi connectivity index (χ4n) is 2.71. The molecule has 0 aliphatic heterocycles. The van der Waals surface area contributed by atoms with Crippen LogP contribution in [0.3, 0.4) is 0 Å². The van der Waals surface area contributed by atoms with Crippen LogP contribution in [0.4, 0.5) is 11.8 Å². The molecule has 6 heteroatoms. The molecule has 0 spiro atoms. The molecule has 1 N–H and O–H groups in total. The van der Waals surface area contributed by atoms with Gasteiger partial charge in [-0.05, 0) is 42.5 Å². The third-order valence-electron chi connectivity index (χ3n) is 3.92. The van der Waals surface area contributed by atoms with Crippen LogP contribution >= 0.6 is 0 Å². The molecule has 26 heavy (non-hydrogen) atoms. The van der Waals surface area contributed by atoms with Crippen LogP contribution in [0, 0.1) is 11.3 Å².